The first kappa shape index (κ1) is 13.9. The topological polar surface area (TPSA) is 105 Å². The second-order valence-corrected chi connectivity index (χ2v) is 2.36. The Labute approximate surface area is 72.4 Å². The van der Waals surface area contributed by atoms with Crippen molar-refractivity contribution < 1.29 is 15.0 Å². The molecule has 1 atom stereocenters. The van der Waals surface area contributed by atoms with Crippen molar-refractivity contribution in [3.63, 3.8) is 0 Å². The second-order valence-electron chi connectivity index (χ2n) is 2.36. The van der Waals surface area contributed by atoms with Crippen molar-refractivity contribution in [2.75, 3.05) is 13.2 Å². The standard InChI is InChI=1S/C7H15NO3.H3N/c1-2-4-8-6(3-5-9)7(10)11;/h6,8-9H,2-5H2,1H3,(H,10,11);1H3/t6-;/m0./s1. The third-order valence-corrected chi connectivity index (χ3v) is 1.36. The lowest BCUT2D eigenvalue weighted by Gasteiger charge is -2.11. The van der Waals surface area contributed by atoms with Crippen molar-refractivity contribution in [1.29, 1.82) is 0 Å². The summed E-state index contributed by atoms with van der Waals surface area (Å²) in [6, 6.07) is -0.597. The van der Waals surface area contributed by atoms with Crippen molar-refractivity contribution in [1.82, 2.24) is 11.5 Å². The van der Waals surface area contributed by atoms with Crippen LogP contribution in [0, 0.1) is 0 Å². The molecule has 0 aliphatic carbocycles. The molecule has 12 heavy (non-hydrogen) atoms. The van der Waals surface area contributed by atoms with Gasteiger partial charge in [-0.15, -0.1) is 0 Å². The largest absolute Gasteiger partial charge is 0.480 e. The van der Waals surface area contributed by atoms with E-state index >= 15 is 0 Å². The van der Waals surface area contributed by atoms with Crippen LogP contribution < -0.4 is 11.5 Å². The van der Waals surface area contributed by atoms with Crippen molar-refractivity contribution >= 4 is 5.97 Å². The maximum Gasteiger partial charge on any atom is 0.320 e. The fourth-order valence-electron chi connectivity index (χ4n) is 0.761. The summed E-state index contributed by atoms with van der Waals surface area (Å²) in [4.78, 5) is 10.4. The predicted octanol–water partition coefficient (Wildman–Crippen LogP) is -0.0164. The normalized spacial score (nSPS) is 11.8. The molecule has 0 aromatic heterocycles. The van der Waals surface area contributed by atoms with Crippen LogP contribution in [-0.4, -0.2) is 35.4 Å². The van der Waals surface area contributed by atoms with Crippen LogP contribution >= 0.6 is 0 Å². The van der Waals surface area contributed by atoms with Gasteiger partial charge in [-0.25, -0.2) is 0 Å². The average molecular weight is 178 g/mol. The van der Waals surface area contributed by atoms with Crippen molar-refractivity contribution in [2.24, 2.45) is 0 Å². The summed E-state index contributed by atoms with van der Waals surface area (Å²) in [5.41, 5.74) is 0. The molecule has 6 N–H and O–H groups in total. The van der Waals surface area contributed by atoms with Crippen LogP contribution in [0.4, 0.5) is 0 Å². The number of aliphatic hydroxyl groups is 1. The monoisotopic (exact) mass is 178 g/mol. The maximum absolute atomic E-state index is 10.4. The molecule has 0 amide bonds. The molecule has 0 spiro atoms. The van der Waals surface area contributed by atoms with E-state index in [0.29, 0.717) is 6.54 Å². The van der Waals surface area contributed by atoms with Gasteiger partial charge in [-0.3, -0.25) is 4.79 Å². The molecule has 0 rings (SSSR count). The molecule has 0 aliphatic rings. The highest BCUT2D eigenvalue weighted by Gasteiger charge is 2.14. The lowest BCUT2D eigenvalue weighted by molar-refractivity contribution is -0.139. The van der Waals surface area contributed by atoms with Crippen LogP contribution in [0.5, 0.6) is 0 Å². The summed E-state index contributed by atoms with van der Waals surface area (Å²) in [5, 5.41) is 19.8. The number of carboxylic acids is 1. The Morgan fingerprint density at radius 3 is 2.50 bits per heavy atom. The Bertz CT molecular complexity index is 119. The number of nitrogens with one attached hydrogen (secondary N) is 1. The van der Waals surface area contributed by atoms with E-state index in [9.17, 15) is 4.79 Å². The van der Waals surface area contributed by atoms with Crippen LogP contribution in [0.2, 0.25) is 0 Å². The fraction of sp³-hybridized carbons (Fsp3) is 0.857. The first-order chi connectivity index (χ1) is 5.22. The van der Waals surface area contributed by atoms with E-state index in [0.717, 1.165) is 6.42 Å². The third-order valence-electron chi connectivity index (χ3n) is 1.36. The van der Waals surface area contributed by atoms with E-state index in [2.05, 4.69) is 5.32 Å². The highest BCUT2D eigenvalue weighted by atomic mass is 16.4. The molecular weight excluding hydrogens is 160 g/mol. The lowest BCUT2D eigenvalue weighted by atomic mass is 10.2. The number of hydrogen-bond acceptors (Lipinski definition) is 4. The molecule has 0 aromatic rings. The Morgan fingerprint density at radius 2 is 2.17 bits per heavy atom. The Kier molecular flexibility index (Phi) is 9.79. The van der Waals surface area contributed by atoms with E-state index in [1.54, 1.807) is 0 Å². The quantitative estimate of drug-likeness (QED) is 0.457. The summed E-state index contributed by atoms with van der Waals surface area (Å²) >= 11 is 0. The zero-order valence-electron chi connectivity index (χ0n) is 7.42. The minimum atomic E-state index is -0.896. The molecule has 74 valence electrons. The van der Waals surface area contributed by atoms with Crippen molar-refractivity contribution in [2.45, 2.75) is 25.8 Å². The minimum absolute atomic E-state index is 0. The zero-order valence-corrected chi connectivity index (χ0v) is 7.42. The smallest absolute Gasteiger partial charge is 0.320 e. The van der Waals surface area contributed by atoms with E-state index in [1.165, 1.54) is 0 Å². The molecule has 0 heterocycles. The van der Waals surface area contributed by atoms with Gasteiger partial charge in [0, 0.05) is 6.61 Å². The van der Waals surface area contributed by atoms with Crippen LogP contribution in [-0.2, 0) is 4.79 Å². The highest BCUT2D eigenvalue weighted by Crippen LogP contribution is 1.90. The zero-order chi connectivity index (χ0) is 8.69. The molecule has 0 fully saturated rings. The van der Waals surface area contributed by atoms with Crippen LogP contribution in [0.15, 0.2) is 0 Å². The van der Waals surface area contributed by atoms with Gasteiger partial charge in [0.05, 0.1) is 0 Å². The molecule has 5 heteroatoms. The van der Waals surface area contributed by atoms with E-state index in [4.69, 9.17) is 10.2 Å². The van der Waals surface area contributed by atoms with Crippen LogP contribution in [0.3, 0.4) is 0 Å². The maximum atomic E-state index is 10.4. The lowest BCUT2D eigenvalue weighted by Crippen LogP contribution is -2.37. The second kappa shape index (κ2) is 8.45. The highest BCUT2D eigenvalue weighted by molar-refractivity contribution is 5.73. The molecule has 0 unspecified atom stereocenters. The molecular formula is C7H18N2O3. The van der Waals surface area contributed by atoms with Gasteiger partial charge in [-0.1, -0.05) is 6.92 Å². The first-order valence-corrected chi connectivity index (χ1v) is 3.79. The van der Waals surface area contributed by atoms with Gasteiger partial charge in [0.15, 0.2) is 0 Å². The van der Waals surface area contributed by atoms with Crippen molar-refractivity contribution in [3.05, 3.63) is 0 Å². The molecule has 5 nitrogen and oxygen atoms in total. The van der Waals surface area contributed by atoms with Gasteiger partial charge >= 0.3 is 5.97 Å². The molecule has 0 saturated carbocycles. The number of carbonyl (C=O) groups is 1. The summed E-state index contributed by atoms with van der Waals surface area (Å²) in [7, 11) is 0. The van der Waals surface area contributed by atoms with E-state index in [-0.39, 0.29) is 19.2 Å². The number of rotatable bonds is 6. The molecule has 0 aliphatic heterocycles. The average Bonchev–Trinajstić information content (AvgIpc) is 1.97. The molecule has 0 aromatic carbocycles. The van der Waals surface area contributed by atoms with Crippen LogP contribution in [0.1, 0.15) is 19.8 Å². The summed E-state index contributed by atoms with van der Waals surface area (Å²) in [6.45, 7) is 2.55. The SMILES string of the molecule is CCCN[C@@H](CCO)C(=O)O.N. The molecule has 0 radical (unpaired) electrons. The Hall–Kier alpha value is -0.650. The number of hydrogen-bond donors (Lipinski definition) is 4. The van der Waals surface area contributed by atoms with Gasteiger partial charge in [0.2, 0.25) is 0 Å². The summed E-state index contributed by atoms with van der Waals surface area (Å²) in [6.07, 6.45) is 1.17. The first-order valence-electron chi connectivity index (χ1n) is 3.79. The summed E-state index contributed by atoms with van der Waals surface area (Å²) in [5.74, 6) is -0.896. The van der Waals surface area contributed by atoms with Gasteiger partial charge in [-0.2, -0.15) is 0 Å². The number of carboxylic acid groups (broad SMARTS) is 1. The minimum Gasteiger partial charge on any atom is -0.480 e. The van der Waals surface area contributed by atoms with Gasteiger partial charge in [0.1, 0.15) is 6.04 Å². The summed E-state index contributed by atoms with van der Waals surface area (Å²) < 4.78 is 0. The fourth-order valence-corrected chi connectivity index (χ4v) is 0.761. The van der Waals surface area contributed by atoms with Gasteiger partial charge < -0.3 is 21.7 Å². The number of aliphatic carboxylic acids is 1. The van der Waals surface area contributed by atoms with E-state index in [1.807, 2.05) is 6.92 Å². The van der Waals surface area contributed by atoms with Crippen molar-refractivity contribution in [3.8, 4) is 0 Å². The number of aliphatic hydroxyl groups excluding tert-OH is 1. The Balaban J connectivity index is 0. The van der Waals surface area contributed by atoms with Gasteiger partial charge in [0.25, 0.3) is 0 Å². The third kappa shape index (κ3) is 6.09. The van der Waals surface area contributed by atoms with E-state index < -0.39 is 12.0 Å². The molecule has 0 bridgehead atoms. The molecule has 0 saturated heterocycles. The van der Waals surface area contributed by atoms with Crippen LogP contribution in [0.25, 0.3) is 0 Å². The van der Waals surface area contributed by atoms with Gasteiger partial charge in [-0.05, 0) is 19.4 Å². The predicted molar refractivity (Wildman–Crippen MR) is 46.4 cm³/mol. The Morgan fingerprint density at radius 1 is 1.58 bits per heavy atom.